The zero-order chi connectivity index (χ0) is 21.6. The third kappa shape index (κ3) is 4.95. The monoisotopic (exact) mass is 416 g/mol. The van der Waals surface area contributed by atoms with Crippen molar-refractivity contribution in [2.75, 3.05) is 5.32 Å². The van der Waals surface area contributed by atoms with E-state index >= 15 is 0 Å². The topological polar surface area (TPSA) is 80.0 Å². The number of anilines is 1. The molecule has 0 saturated carbocycles. The molecule has 2 N–H and O–H groups in total. The van der Waals surface area contributed by atoms with Crippen molar-refractivity contribution in [1.82, 2.24) is 15.5 Å². The standard InChI is InChI=1S/C24H21FN4O2/c1-16-6-2-4-8-20(16)23-28-22(31-29-23)15-26-19-12-10-17(11-13-19)24(30)27-14-18-7-3-5-9-21(18)25/h2-13,26H,14-15H2,1H3,(H,27,30). The molecule has 0 aliphatic carbocycles. The van der Waals surface area contributed by atoms with E-state index in [4.69, 9.17) is 4.52 Å². The summed E-state index contributed by atoms with van der Waals surface area (Å²) in [7, 11) is 0. The maximum absolute atomic E-state index is 13.7. The van der Waals surface area contributed by atoms with E-state index < -0.39 is 0 Å². The van der Waals surface area contributed by atoms with Crippen LogP contribution in [0.2, 0.25) is 0 Å². The quantitative estimate of drug-likeness (QED) is 0.455. The Morgan fingerprint density at radius 3 is 2.48 bits per heavy atom. The molecule has 4 aromatic rings. The highest BCUT2D eigenvalue weighted by molar-refractivity contribution is 5.94. The molecule has 1 amide bonds. The van der Waals surface area contributed by atoms with E-state index in [0.717, 1.165) is 16.8 Å². The maximum Gasteiger partial charge on any atom is 0.251 e. The molecule has 0 spiro atoms. The van der Waals surface area contributed by atoms with E-state index in [2.05, 4.69) is 20.8 Å². The third-order valence-corrected chi connectivity index (χ3v) is 4.84. The Morgan fingerprint density at radius 1 is 0.968 bits per heavy atom. The highest BCUT2D eigenvalue weighted by atomic mass is 19.1. The molecule has 156 valence electrons. The zero-order valence-electron chi connectivity index (χ0n) is 16.9. The summed E-state index contributed by atoms with van der Waals surface area (Å²) in [6, 6.07) is 21.2. The van der Waals surface area contributed by atoms with E-state index in [-0.39, 0.29) is 18.3 Å². The average Bonchev–Trinajstić information content (AvgIpc) is 3.26. The van der Waals surface area contributed by atoms with Gasteiger partial charge in [0, 0.05) is 28.9 Å². The number of carbonyl (C=O) groups is 1. The van der Waals surface area contributed by atoms with Crippen LogP contribution < -0.4 is 10.6 Å². The first-order valence-electron chi connectivity index (χ1n) is 9.84. The zero-order valence-corrected chi connectivity index (χ0v) is 16.9. The van der Waals surface area contributed by atoms with Crippen LogP contribution in [-0.4, -0.2) is 16.0 Å². The molecule has 3 aromatic carbocycles. The number of nitrogens with zero attached hydrogens (tertiary/aromatic N) is 2. The number of hydrogen-bond donors (Lipinski definition) is 2. The van der Waals surface area contributed by atoms with E-state index in [9.17, 15) is 9.18 Å². The van der Waals surface area contributed by atoms with Crippen LogP contribution in [0.5, 0.6) is 0 Å². The molecule has 0 aliphatic rings. The summed E-state index contributed by atoms with van der Waals surface area (Å²) in [5, 5.41) is 9.96. The summed E-state index contributed by atoms with van der Waals surface area (Å²) in [6.45, 7) is 2.49. The van der Waals surface area contributed by atoms with Crippen LogP contribution in [0.15, 0.2) is 77.3 Å². The molecular formula is C24H21FN4O2. The minimum absolute atomic E-state index is 0.131. The molecule has 31 heavy (non-hydrogen) atoms. The summed E-state index contributed by atoms with van der Waals surface area (Å²) in [5.74, 6) is 0.408. The fourth-order valence-electron chi connectivity index (χ4n) is 3.10. The lowest BCUT2D eigenvalue weighted by Crippen LogP contribution is -2.23. The van der Waals surface area contributed by atoms with Crippen molar-refractivity contribution < 1.29 is 13.7 Å². The Balaban J connectivity index is 1.32. The van der Waals surface area contributed by atoms with Crippen molar-refractivity contribution in [3.63, 3.8) is 0 Å². The number of aryl methyl sites for hydroxylation is 1. The number of amides is 1. The Morgan fingerprint density at radius 2 is 1.71 bits per heavy atom. The Kier molecular flexibility index (Phi) is 6.03. The van der Waals surface area contributed by atoms with Crippen molar-refractivity contribution in [3.05, 3.63) is 101 Å². The number of hydrogen-bond acceptors (Lipinski definition) is 5. The van der Waals surface area contributed by atoms with Gasteiger partial charge in [0.25, 0.3) is 5.91 Å². The lowest BCUT2D eigenvalue weighted by Gasteiger charge is -2.08. The van der Waals surface area contributed by atoms with Crippen LogP contribution in [0.1, 0.15) is 27.4 Å². The fourth-order valence-corrected chi connectivity index (χ4v) is 3.10. The smallest absolute Gasteiger partial charge is 0.251 e. The van der Waals surface area contributed by atoms with Crippen molar-refractivity contribution in [1.29, 1.82) is 0 Å². The van der Waals surface area contributed by atoms with Crippen LogP contribution in [0.25, 0.3) is 11.4 Å². The second-order valence-corrected chi connectivity index (χ2v) is 7.03. The van der Waals surface area contributed by atoms with E-state index in [1.807, 2.05) is 31.2 Å². The molecule has 1 heterocycles. The van der Waals surface area contributed by atoms with E-state index in [1.54, 1.807) is 42.5 Å². The Hall–Kier alpha value is -4.00. The molecule has 0 unspecified atom stereocenters. The normalized spacial score (nSPS) is 10.6. The van der Waals surface area contributed by atoms with Crippen molar-refractivity contribution in [3.8, 4) is 11.4 Å². The first kappa shape index (κ1) is 20.3. The molecule has 7 heteroatoms. The molecule has 0 saturated heterocycles. The van der Waals surface area contributed by atoms with E-state index in [0.29, 0.717) is 29.4 Å². The van der Waals surface area contributed by atoms with Crippen molar-refractivity contribution >= 4 is 11.6 Å². The maximum atomic E-state index is 13.7. The molecule has 0 aliphatic heterocycles. The summed E-state index contributed by atoms with van der Waals surface area (Å²) in [5.41, 5.74) is 3.75. The van der Waals surface area contributed by atoms with Gasteiger partial charge in [-0.1, -0.05) is 47.6 Å². The van der Waals surface area contributed by atoms with Crippen LogP contribution in [0.3, 0.4) is 0 Å². The molecule has 1 aromatic heterocycles. The lowest BCUT2D eigenvalue weighted by molar-refractivity contribution is 0.0950. The van der Waals surface area contributed by atoms with Gasteiger partial charge in [0.1, 0.15) is 5.82 Å². The first-order chi connectivity index (χ1) is 15.1. The number of nitrogens with one attached hydrogen (secondary N) is 2. The summed E-state index contributed by atoms with van der Waals surface area (Å²) in [6.07, 6.45) is 0. The summed E-state index contributed by atoms with van der Waals surface area (Å²) >= 11 is 0. The molecular weight excluding hydrogens is 395 g/mol. The Bertz CT molecular complexity index is 1190. The van der Waals surface area contributed by atoms with Gasteiger partial charge in [0.2, 0.25) is 11.7 Å². The number of halogens is 1. The summed E-state index contributed by atoms with van der Waals surface area (Å²) < 4.78 is 19.0. The van der Waals surface area contributed by atoms with Gasteiger partial charge in [0.15, 0.2) is 0 Å². The lowest BCUT2D eigenvalue weighted by atomic mass is 10.1. The SMILES string of the molecule is Cc1ccccc1-c1noc(CNc2ccc(C(=O)NCc3ccccc3F)cc2)n1. The summed E-state index contributed by atoms with van der Waals surface area (Å²) in [4.78, 5) is 16.7. The van der Waals surface area contributed by atoms with Crippen LogP contribution in [-0.2, 0) is 13.1 Å². The van der Waals surface area contributed by atoms with Gasteiger partial charge in [-0.2, -0.15) is 4.98 Å². The van der Waals surface area contributed by atoms with Crippen LogP contribution in [0.4, 0.5) is 10.1 Å². The molecule has 0 radical (unpaired) electrons. The van der Waals surface area contributed by atoms with E-state index in [1.165, 1.54) is 6.07 Å². The molecule has 6 nitrogen and oxygen atoms in total. The highest BCUT2D eigenvalue weighted by Crippen LogP contribution is 2.20. The molecule has 0 bridgehead atoms. The second kappa shape index (κ2) is 9.21. The highest BCUT2D eigenvalue weighted by Gasteiger charge is 2.11. The van der Waals surface area contributed by atoms with Gasteiger partial charge < -0.3 is 15.2 Å². The van der Waals surface area contributed by atoms with Gasteiger partial charge in [-0.05, 0) is 42.8 Å². The third-order valence-electron chi connectivity index (χ3n) is 4.84. The first-order valence-corrected chi connectivity index (χ1v) is 9.84. The number of rotatable bonds is 7. The minimum atomic E-state index is -0.339. The predicted molar refractivity (Wildman–Crippen MR) is 116 cm³/mol. The van der Waals surface area contributed by atoms with Crippen LogP contribution in [0, 0.1) is 12.7 Å². The fraction of sp³-hybridized carbons (Fsp3) is 0.125. The van der Waals surface area contributed by atoms with Gasteiger partial charge in [-0.15, -0.1) is 0 Å². The van der Waals surface area contributed by atoms with Gasteiger partial charge >= 0.3 is 0 Å². The average molecular weight is 416 g/mol. The molecule has 4 rings (SSSR count). The number of aromatic nitrogens is 2. The molecule has 0 fully saturated rings. The van der Waals surface area contributed by atoms with Crippen LogP contribution >= 0.6 is 0 Å². The van der Waals surface area contributed by atoms with Gasteiger partial charge in [-0.25, -0.2) is 4.39 Å². The number of benzene rings is 3. The van der Waals surface area contributed by atoms with Crippen molar-refractivity contribution in [2.24, 2.45) is 0 Å². The largest absolute Gasteiger partial charge is 0.376 e. The van der Waals surface area contributed by atoms with Crippen molar-refractivity contribution in [2.45, 2.75) is 20.0 Å². The Labute approximate surface area is 179 Å². The predicted octanol–water partition coefficient (Wildman–Crippen LogP) is 4.73. The second-order valence-electron chi connectivity index (χ2n) is 7.03. The minimum Gasteiger partial charge on any atom is -0.376 e. The molecule has 0 atom stereocenters. The van der Waals surface area contributed by atoms with Gasteiger partial charge in [0.05, 0.1) is 6.54 Å². The number of carbonyl (C=O) groups excluding carboxylic acids is 1. The van der Waals surface area contributed by atoms with Gasteiger partial charge in [-0.3, -0.25) is 4.79 Å².